The van der Waals surface area contributed by atoms with Gasteiger partial charge in [-0.25, -0.2) is 4.98 Å². The third-order valence-electron chi connectivity index (χ3n) is 7.40. The zero-order chi connectivity index (χ0) is 19.4. The maximum absolute atomic E-state index is 13.2. The average Bonchev–Trinajstić information content (AvgIpc) is 2.63. The molecule has 0 aliphatic heterocycles. The molecule has 6 heteroatoms. The summed E-state index contributed by atoms with van der Waals surface area (Å²) in [5.74, 6) is 2.01. The van der Waals surface area contributed by atoms with Crippen LogP contribution in [0.4, 0.5) is 5.82 Å². The molecular weight excluding hydrogens is 340 g/mol. The predicted octanol–water partition coefficient (Wildman–Crippen LogP) is 2.20. The molecule has 4 fully saturated rings. The minimum absolute atomic E-state index is 0.0344. The van der Waals surface area contributed by atoms with Crippen LogP contribution in [0.25, 0.3) is 0 Å². The molecule has 4 bridgehead atoms. The van der Waals surface area contributed by atoms with Gasteiger partial charge in [-0.1, -0.05) is 6.07 Å². The Hall–Kier alpha value is -2.11. The van der Waals surface area contributed by atoms with E-state index < -0.39 is 5.41 Å². The van der Waals surface area contributed by atoms with E-state index in [1.165, 1.54) is 0 Å². The molecule has 0 saturated heterocycles. The van der Waals surface area contributed by atoms with Crippen LogP contribution in [0.5, 0.6) is 0 Å². The lowest BCUT2D eigenvalue weighted by molar-refractivity contribution is -0.148. The number of carbonyl (C=O) groups is 2. The topological polar surface area (TPSA) is 97.1 Å². The van der Waals surface area contributed by atoms with Crippen molar-refractivity contribution in [2.75, 3.05) is 12.4 Å². The molecule has 4 saturated carbocycles. The second kappa shape index (κ2) is 6.21. The van der Waals surface area contributed by atoms with Gasteiger partial charge in [0.2, 0.25) is 11.8 Å². The Morgan fingerprint density at radius 2 is 1.85 bits per heavy atom. The number of nitrogens with one attached hydrogen (secondary N) is 2. The second-order valence-corrected chi connectivity index (χ2v) is 9.42. The van der Waals surface area contributed by atoms with Gasteiger partial charge in [-0.2, -0.15) is 0 Å². The molecule has 4 aliphatic carbocycles. The van der Waals surface area contributed by atoms with Gasteiger partial charge < -0.3 is 16.4 Å². The van der Waals surface area contributed by atoms with E-state index in [2.05, 4.69) is 15.6 Å². The standard InChI is InChI=1S/C21H30N4O2/c1-20(2,15-4-5-16(23-3)24-11-15)19(27)25-17-13-6-12-7-14(17)10-21(8-12,9-13)18(22)26/h4-5,11-14,17H,6-10H2,1-3H3,(H2,22,26)(H,23,24)(H,25,27)/t12?,13-,14+,17?,21?. The molecule has 6 nitrogen and oxygen atoms in total. The lowest BCUT2D eigenvalue weighted by Gasteiger charge is -2.59. The lowest BCUT2D eigenvalue weighted by atomic mass is 9.47. The number of pyridine rings is 1. The number of hydrogen-bond donors (Lipinski definition) is 3. The first-order valence-corrected chi connectivity index (χ1v) is 10.0. The normalized spacial score (nSPS) is 34.3. The minimum atomic E-state index is -0.657. The number of carbonyl (C=O) groups excluding carboxylic acids is 2. The summed E-state index contributed by atoms with van der Waals surface area (Å²) in [4.78, 5) is 29.6. The summed E-state index contributed by atoms with van der Waals surface area (Å²) in [5.41, 5.74) is 5.69. The zero-order valence-corrected chi connectivity index (χ0v) is 16.4. The molecule has 1 aromatic heterocycles. The third kappa shape index (κ3) is 2.89. The van der Waals surface area contributed by atoms with Gasteiger partial charge in [0, 0.05) is 24.7 Å². The summed E-state index contributed by atoms with van der Waals surface area (Å²) in [7, 11) is 1.82. The molecule has 4 aliphatic rings. The highest BCUT2D eigenvalue weighted by Gasteiger charge is 2.58. The highest BCUT2D eigenvalue weighted by atomic mass is 16.2. The molecule has 3 unspecified atom stereocenters. The van der Waals surface area contributed by atoms with E-state index in [1.807, 2.05) is 33.0 Å². The van der Waals surface area contributed by atoms with Crippen LogP contribution in [0.1, 0.15) is 51.5 Å². The fourth-order valence-corrected chi connectivity index (χ4v) is 5.94. The fourth-order valence-electron chi connectivity index (χ4n) is 5.94. The summed E-state index contributed by atoms with van der Waals surface area (Å²) < 4.78 is 0. The smallest absolute Gasteiger partial charge is 0.230 e. The van der Waals surface area contributed by atoms with Crippen molar-refractivity contribution in [3.8, 4) is 0 Å². The molecule has 146 valence electrons. The molecule has 0 aromatic carbocycles. The molecule has 0 radical (unpaired) electrons. The van der Waals surface area contributed by atoms with E-state index in [4.69, 9.17) is 5.73 Å². The summed E-state index contributed by atoms with van der Waals surface area (Å²) in [6.07, 6.45) is 6.60. The number of anilines is 1. The number of amides is 2. The van der Waals surface area contributed by atoms with Crippen LogP contribution in [0.15, 0.2) is 18.3 Å². The predicted molar refractivity (Wildman–Crippen MR) is 104 cm³/mol. The summed E-state index contributed by atoms with van der Waals surface area (Å²) in [6.45, 7) is 3.89. The molecule has 27 heavy (non-hydrogen) atoms. The maximum Gasteiger partial charge on any atom is 0.230 e. The monoisotopic (exact) mass is 370 g/mol. The van der Waals surface area contributed by atoms with E-state index in [0.717, 1.165) is 43.5 Å². The van der Waals surface area contributed by atoms with Gasteiger partial charge in [-0.15, -0.1) is 0 Å². The zero-order valence-electron chi connectivity index (χ0n) is 16.4. The van der Waals surface area contributed by atoms with E-state index in [-0.39, 0.29) is 23.3 Å². The Kier molecular flexibility index (Phi) is 4.20. The van der Waals surface area contributed by atoms with Gasteiger partial charge in [-0.3, -0.25) is 9.59 Å². The molecule has 1 heterocycles. The van der Waals surface area contributed by atoms with Crippen molar-refractivity contribution in [1.82, 2.24) is 10.3 Å². The van der Waals surface area contributed by atoms with E-state index in [0.29, 0.717) is 17.8 Å². The first-order chi connectivity index (χ1) is 12.7. The second-order valence-electron chi connectivity index (χ2n) is 9.42. The number of hydrogen-bond acceptors (Lipinski definition) is 4. The van der Waals surface area contributed by atoms with Gasteiger partial charge in [0.25, 0.3) is 0 Å². The van der Waals surface area contributed by atoms with Crippen molar-refractivity contribution in [1.29, 1.82) is 0 Å². The van der Waals surface area contributed by atoms with Crippen molar-refractivity contribution in [3.05, 3.63) is 23.9 Å². The van der Waals surface area contributed by atoms with Gasteiger partial charge in [-0.05, 0) is 75.3 Å². The Morgan fingerprint density at radius 1 is 1.19 bits per heavy atom. The van der Waals surface area contributed by atoms with Gasteiger partial charge >= 0.3 is 0 Å². The van der Waals surface area contributed by atoms with Crippen molar-refractivity contribution in [2.24, 2.45) is 28.9 Å². The van der Waals surface area contributed by atoms with Crippen LogP contribution in [0.3, 0.4) is 0 Å². The molecule has 0 spiro atoms. The maximum atomic E-state index is 13.2. The van der Waals surface area contributed by atoms with Crippen LogP contribution in [0.2, 0.25) is 0 Å². The molecule has 4 N–H and O–H groups in total. The average molecular weight is 370 g/mol. The first-order valence-electron chi connectivity index (χ1n) is 10.0. The molecular formula is C21H30N4O2. The van der Waals surface area contributed by atoms with Gasteiger partial charge in [0.05, 0.1) is 5.41 Å². The van der Waals surface area contributed by atoms with Crippen LogP contribution in [-0.4, -0.2) is 29.9 Å². The van der Waals surface area contributed by atoms with E-state index >= 15 is 0 Å². The van der Waals surface area contributed by atoms with Gasteiger partial charge in [0.15, 0.2) is 0 Å². The SMILES string of the molecule is CNc1ccc(C(C)(C)C(=O)NC2[C@@H]3CC4C[C@H]2CC(C(N)=O)(C4)C3)cn1. The summed E-state index contributed by atoms with van der Waals surface area (Å²) in [5, 5.41) is 6.35. The highest BCUT2D eigenvalue weighted by molar-refractivity contribution is 5.87. The van der Waals surface area contributed by atoms with Crippen molar-refractivity contribution < 1.29 is 9.59 Å². The van der Waals surface area contributed by atoms with Crippen LogP contribution in [-0.2, 0) is 15.0 Å². The number of aromatic nitrogens is 1. The largest absolute Gasteiger partial charge is 0.373 e. The number of nitrogens with zero attached hydrogens (tertiary/aromatic N) is 1. The van der Waals surface area contributed by atoms with Crippen molar-refractivity contribution >= 4 is 17.6 Å². The molecule has 1 aromatic rings. The Balaban J connectivity index is 1.50. The van der Waals surface area contributed by atoms with Gasteiger partial charge in [0.1, 0.15) is 5.82 Å². The van der Waals surface area contributed by atoms with E-state index in [1.54, 1.807) is 6.20 Å². The molecule has 5 atom stereocenters. The van der Waals surface area contributed by atoms with Crippen LogP contribution >= 0.6 is 0 Å². The number of nitrogens with two attached hydrogens (primary N) is 1. The lowest BCUT2D eigenvalue weighted by Crippen LogP contribution is -2.63. The highest BCUT2D eigenvalue weighted by Crippen LogP contribution is 2.60. The number of primary amides is 1. The summed E-state index contributed by atoms with van der Waals surface area (Å²) >= 11 is 0. The Bertz CT molecular complexity index is 742. The third-order valence-corrected chi connectivity index (χ3v) is 7.40. The van der Waals surface area contributed by atoms with Crippen LogP contribution in [0, 0.1) is 23.2 Å². The summed E-state index contributed by atoms with van der Waals surface area (Å²) in [6, 6.07) is 4.01. The minimum Gasteiger partial charge on any atom is -0.373 e. The fraction of sp³-hybridized carbons (Fsp3) is 0.667. The first kappa shape index (κ1) is 18.3. The Labute approximate surface area is 160 Å². The van der Waals surface area contributed by atoms with Crippen molar-refractivity contribution in [2.45, 2.75) is 57.4 Å². The molecule has 2 amide bonds. The number of rotatable bonds is 5. The van der Waals surface area contributed by atoms with E-state index in [9.17, 15) is 9.59 Å². The Morgan fingerprint density at radius 3 is 2.37 bits per heavy atom. The van der Waals surface area contributed by atoms with Crippen molar-refractivity contribution in [3.63, 3.8) is 0 Å². The van der Waals surface area contributed by atoms with Crippen LogP contribution < -0.4 is 16.4 Å². The molecule has 5 rings (SSSR count). The quantitative estimate of drug-likeness (QED) is 0.740.